The predicted octanol–water partition coefficient (Wildman–Crippen LogP) is 5.04. The average Bonchev–Trinajstić information content (AvgIpc) is 2.75. The second-order valence-electron chi connectivity index (χ2n) is 7.66. The molecule has 31 heavy (non-hydrogen) atoms. The molecule has 0 aliphatic rings. The Morgan fingerprint density at radius 1 is 1.00 bits per heavy atom. The van der Waals surface area contributed by atoms with Crippen LogP contribution in [0.3, 0.4) is 0 Å². The number of amides is 1. The minimum atomic E-state index is -0.204. The molecule has 0 atom stereocenters. The van der Waals surface area contributed by atoms with Gasteiger partial charge in [0, 0.05) is 46.0 Å². The quantitative estimate of drug-likeness (QED) is 0.481. The molecule has 1 amide bonds. The Labute approximate surface area is 185 Å². The summed E-state index contributed by atoms with van der Waals surface area (Å²) in [7, 11) is 0. The lowest BCUT2D eigenvalue weighted by atomic mass is 10.0. The number of aromatic amines is 1. The first-order chi connectivity index (χ1) is 14.9. The van der Waals surface area contributed by atoms with Crippen molar-refractivity contribution in [3.8, 4) is 0 Å². The van der Waals surface area contributed by atoms with Crippen LogP contribution in [0.2, 0.25) is 5.02 Å². The third kappa shape index (κ3) is 4.52. The van der Waals surface area contributed by atoms with E-state index in [4.69, 9.17) is 11.6 Å². The molecular formula is C25H22ClN3O2. The van der Waals surface area contributed by atoms with Gasteiger partial charge in [-0.2, -0.15) is 0 Å². The van der Waals surface area contributed by atoms with E-state index >= 15 is 0 Å². The van der Waals surface area contributed by atoms with Crippen molar-refractivity contribution in [3.63, 3.8) is 0 Å². The molecule has 0 spiro atoms. The second-order valence-corrected chi connectivity index (χ2v) is 8.06. The van der Waals surface area contributed by atoms with Crippen LogP contribution in [0.25, 0.3) is 10.9 Å². The van der Waals surface area contributed by atoms with Crippen molar-refractivity contribution in [1.82, 2.24) is 14.9 Å². The summed E-state index contributed by atoms with van der Waals surface area (Å²) in [6.45, 7) is 4.45. The summed E-state index contributed by atoms with van der Waals surface area (Å²) in [5.74, 6) is -0.192. The number of halogens is 1. The molecule has 2 aromatic heterocycles. The number of nitrogens with zero attached hydrogens (tertiary/aromatic N) is 2. The number of carbonyl (C=O) groups is 1. The van der Waals surface area contributed by atoms with Crippen LogP contribution in [-0.2, 0) is 13.1 Å². The van der Waals surface area contributed by atoms with Crippen LogP contribution in [0.1, 0.15) is 32.6 Å². The highest BCUT2D eigenvalue weighted by Crippen LogP contribution is 2.22. The molecule has 0 saturated heterocycles. The van der Waals surface area contributed by atoms with Crippen LogP contribution in [-0.4, -0.2) is 20.8 Å². The first-order valence-electron chi connectivity index (χ1n) is 9.98. The lowest BCUT2D eigenvalue weighted by Gasteiger charge is -2.23. The third-order valence-corrected chi connectivity index (χ3v) is 5.65. The Kier molecular flexibility index (Phi) is 5.87. The molecule has 4 rings (SSSR count). The third-order valence-electron chi connectivity index (χ3n) is 5.28. The molecule has 0 unspecified atom stereocenters. The molecule has 1 N–H and O–H groups in total. The standard InChI is InChI=1S/C25H22ClN3O2/c1-16-11-17(2)21-13-20(24(30)28-23(21)12-16)15-29(14-19-5-3-4-6-22(19)26)25(31)18-7-9-27-10-8-18/h3-13H,14-15H2,1-2H3,(H,28,30). The number of H-pyrrole nitrogens is 1. The monoisotopic (exact) mass is 431 g/mol. The highest BCUT2D eigenvalue weighted by molar-refractivity contribution is 6.31. The number of nitrogens with one attached hydrogen (secondary N) is 1. The maximum absolute atomic E-state index is 13.3. The lowest BCUT2D eigenvalue weighted by molar-refractivity contribution is 0.0729. The Morgan fingerprint density at radius 3 is 2.45 bits per heavy atom. The van der Waals surface area contributed by atoms with Gasteiger partial charge in [-0.3, -0.25) is 14.6 Å². The zero-order valence-electron chi connectivity index (χ0n) is 17.4. The van der Waals surface area contributed by atoms with E-state index in [0.29, 0.717) is 16.1 Å². The van der Waals surface area contributed by atoms with Gasteiger partial charge in [0.1, 0.15) is 0 Å². The molecule has 156 valence electrons. The highest BCUT2D eigenvalue weighted by Gasteiger charge is 2.19. The Morgan fingerprint density at radius 2 is 1.71 bits per heavy atom. The van der Waals surface area contributed by atoms with Crippen LogP contribution < -0.4 is 5.56 Å². The Balaban J connectivity index is 1.75. The van der Waals surface area contributed by atoms with Crippen molar-refractivity contribution in [2.24, 2.45) is 0 Å². The number of aromatic nitrogens is 2. The van der Waals surface area contributed by atoms with Gasteiger partial charge in [0.25, 0.3) is 11.5 Å². The molecule has 0 radical (unpaired) electrons. The normalized spacial score (nSPS) is 10.9. The van der Waals surface area contributed by atoms with E-state index in [0.717, 1.165) is 27.6 Å². The van der Waals surface area contributed by atoms with E-state index in [2.05, 4.69) is 16.0 Å². The lowest BCUT2D eigenvalue weighted by Crippen LogP contribution is -2.32. The molecule has 0 aliphatic heterocycles. The largest absolute Gasteiger partial charge is 0.330 e. The molecule has 6 heteroatoms. The van der Waals surface area contributed by atoms with Crippen molar-refractivity contribution >= 4 is 28.4 Å². The molecule has 4 aromatic rings. The number of fused-ring (bicyclic) bond motifs is 1. The molecule has 0 saturated carbocycles. The summed E-state index contributed by atoms with van der Waals surface area (Å²) in [5.41, 5.74) is 4.59. The van der Waals surface area contributed by atoms with E-state index in [1.165, 1.54) is 0 Å². The fourth-order valence-corrected chi connectivity index (χ4v) is 3.94. The predicted molar refractivity (Wildman–Crippen MR) is 123 cm³/mol. The molecule has 0 aliphatic carbocycles. The SMILES string of the molecule is Cc1cc(C)c2cc(CN(Cc3ccccc3Cl)C(=O)c3ccncc3)c(=O)[nH]c2c1. The molecule has 0 fully saturated rings. The molecular weight excluding hydrogens is 410 g/mol. The average molecular weight is 432 g/mol. The summed E-state index contributed by atoms with van der Waals surface area (Å²) < 4.78 is 0. The van der Waals surface area contributed by atoms with Gasteiger partial charge in [-0.05, 0) is 60.9 Å². The van der Waals surface area contributed by atoms with E-state index in [-0.39, 0.29) is 24.6 Å². The van der Waals surface area contributed by atoms with E-state index in [1.54, 1.807) is 35.5 Å². The molecule has 2 aromatic carbocycles. The maximum atomic E-state index is 13.3. The smallest absolute Gasteiger partial charge is 0.254 e. The van der Waals surface area contributed by atoms with Crippen molar-refractivity contribution in [2.75, 3.05) is 0 Å². The fourth-order valence-electron chi connectivity index (χ4n) is 3.75. The Hall–Kier alpha value is -3.44. The first-order valence-corrected chi connectivity index (χ1v) is 10.4. The van der Waals surface area contributed by atoms with Crippen LogP contribution >= 0.6 is 11.6 Å². The van der Waals surface area contributed by atoms with Crippen molar-refractivity contribution < 1.29 is 4.79 Å². The summed E-state index contributed by atoms with van der Waals surface area (Å²) in [6.07, 6.45) is 3.16. The Bertz CT molecular complexity index is 1320. The number of pyridine rings is 2. The van der Waals surface area contributed by atoms with Crippen molar-refractivity contribution in [1.29, 1.82) is 0 Å². The number of hydrogen-bond acceptors (Lipinski definition) is 3. The van der Waals surface area contributed by atoms with Gasteiger partial charge >= 0.3 is 0 Å². The van der Waals surface area contributed by atoms with Crippen LogP contribution in [0.4, 0.5) is 0 Å². The van der Waals surface area contributed by atoms with Gasteiger partial charge in [0.05, 0.1) is 6.54 Å². The summed E-state index contributed by atoms with van der Waals surface area (Å²) in [4.78, 5) is 34.7. The number of carbonyl (C=O) groups excluding carboxylic acids is 1. The van der Waals surface area contributed by atoms with Crippen molar-refractivity contribution in [2.45, 2.75) is 26.9 Å². The topological polar surface area (TPSA) is 66.1 Å². The van der Waals surface area contributed by atoms with Gasteiger partial charge in [-0.15, -0.1) is 0 Å². The van der Waals surface area contributed by atoms with E-state index in [9.17, 15) is 9.59 Å². The van der Waals surface area contributed by atoms with Gasteiger partial charge in [-0.25, -0.2) is 0 Å². The van der Waals surface area contributed by atoms with Gasteiger partial charge in [0.2, 0.25) is 0 Å². The van der Waals surface area contributed by atoms with Gasteiger partial charge in [-0.1, -0.05) is 35.9 Å². The number of rotatable bonds is 5. The molecule has 0 bridgehead atoms. The zero-order chi connectivity index (χ0) is 22.0. The highest BCUT2D eigenvalue weighted by atomic mass is 35.5. The van der Waals surface area contributed by atoms with Gasteiger partial charge in [0.15, 0.2) is 0 Å². The second kappa shape index (κ2) is 8.74. The summed E-state index contributed by atoms with van der Waals surface area (Å²) >= 11 is 6.35. The number of hydrogen-bond donors (Lipinski definition) is 1. The molecule has 5 nitrogen and oxygen atoms in total. The minimum Gasteiger partial charge on any atom is -0.330 e. The van der Waals surface area contributed by atoms with Gasteiger partial charge < -0.3 is 9.88 Å². The zero-order valence-corrected chi connectivity index (χ0v) is 18.1. The van der Waals surface area contributed by atoms with Crippen LogP contribution in [0.15, 0.2) is 71.8 Å². The first kappa shape index (κ1) is 20.8. The number of aryl methyl sites for hydroxylation is 2. The van der Waals surface area contributed by atoms with E-state index < -0.39 is 0 Å². The number of benzene rings is 2. The summed E-state index contributed by atoms with van der Waals surface area (Å²) in [6, 6.07) is 16.6. The van der Waals surface area contributed by atoms with Crippen LogP contribution in [0, 0.1) is 13.8 Å². The minimum absolute atomic E-state index is 0.158. The molecule has 2 heterocycles. The van der Waals surface area contributed by atoms with Crippen LogP contribution in [0.5, 0.6) is 0 Å². The van der Waals surface area contributed by atoms with E-state index in [1.807, 2.05) is 44.2 Å². The fraction of sp³-hybridized carbons (Fsp3) is 0.160. The van der Waals surface area contributed by atoms with Crippen molar-refractivity contribution in [3.05, 3.63) is 110 Å². The maximum Gasteiger partial charge on any atom is 0.254 e. The summed E-state index contributed by atoms with van der Waals surface area (Å²) in [5, 5.41) is 1.54.